The number of methoxy groups -OCH3 is 1. The first-order chi connectivity index (χ1) is 9.74. The van der Waals surface area contributed by atoms with Gasteiger partial charge in [-0.05, 0) is 29.3 Å². The fraction of sp³-hybridized carbons (Fsp3) is 0.250. The van der Waals surface area contributed by atoms with Crippen molar-refractivity contribution < 1.29 is 9.84 Å². The number of ether oxygens (including phenoxy) is 1. The highest BCUT2D eigenvalue weighted by atomic mass is 35.5. The zero-order valence-corrected chi connectivity index (χ0v) is 12.1. The van der Waals surface area contributed by atoms with Gasteiger partial charge in [-0.25, -0.2) is 0 Å². The Hall–Kier alpha value is -1.55. The lowest BCUT2D eigenvalue weighted by Crippen LogP contribution is -2.24. The number of aliphatic hydroxyl groups excluding tert-OH is 1. The zero-order chi connectivity index (χ0) is 14.4. The summed E-state index contributed by atoms with van der Waals surface area (Å²) in [7, 11) is 1.63. The summed E-state index contributed by atoms with van der Waals surface area (Å²) in [5.41, 5.74) is 1.99. The second-order valence-electron chi connectivity index (χ2n) is 4.48. The summed E-state index contributed by atoms with van der Waals surface area (Å²) in [5, 5.41) is 13.6. The van der Waals surface area contributed by atoms with Crippen LogP contribution in [0.15, 0.2) is 48.5 Å². The Morgan fingerprint density at radius 1 is 1.20 bits per heavy atom. The number of hydrogen-bond donors (Lipinski definition) is 2. The van der Waals surface area contributed by atoms with Crippen LogP contribution in [0.1, 0.15) is 17.2 Å². The van der Waals surface area contributed by atoms with E-state index < -0.39 is 0 Å². The van der Waals surface area contributed by atoms with Crippen molar-refractivity contribution in [3.8, 4) is 5.75 Å². The quantitative estimate of drug-likeness (QED) is 0.859. The van der Waals surface area contributed by atoms with Gasteiger partial charge in [0.15, 0.2) is 0 Å². The molecule has 3 nitrogen and oxygen atoms in total. The van der Waals surface area contributed by atoms with E-state index in [0.29, 0.717) is 6.54 Å². The lowest BCUT2D eigenvalue weighted by Gasteiger charge is -2.18. The lowest BCUT2D eigenvalue weighted by atomic mass is 10.1. The summed E-state index contributed by atoms with van der Waals surface area (Å²) in [6.07, 6.45) is 0. The average molecular weight is 292 g/mol. The Labute approximate surface area is 124 Å². The SMILES string of the molecule is COc1cccc(C(CO)NCc2ccccc2Cl)c1. The van der Waals surface area contributed by atoms with Crippen molar-refractivity contribution in [3.63, 3.8) is 0 Å². The van der Waals surface area contributed by atoms with E-state index in [1.807, 2.05) is 48.5 Å². The normalized spacial score (nSPS) is 12.2. The molecule has 0 aliphatic carbocycles. The molecule has 20 heavy (non-hydrogen) atoms. The van der Waals surface area contributed by atoms with Gasteiger partial charge in [0.2, 0.25) is 0 Å². The molecule has 0 saturated heterocycles. The molecule has 0 heterocycles. The molecule has 0 radical (unpaired) electrons. The molecule has 2 aromatic rings. The minimum absolute atomic E-state index is 0.0115. The molecule has 0 fully saturated rings. The predicted molar refractivity (Wildman–Crippen MR) is 81.1 cm³/mol. The fourth-order valence-electron chi connectivity index (χ4n) is 2.02. The molecule has 1 unspecified atom stereocenters. The van der Waals surface area contributed by atoms with E-state index in [-0.39, 0.29) is 12.6 Å². The monoisotopic (exact) mass is 291 g/mol. The van der Waals surface area contributed by atoms with Crippen LogP contribution in [0, 0.1) is 0 Å². The second kappa shape index (κ2) is 7.29. The highest BCUT2D eigenvalue weighted by Gasteiger charge is 2.11. The summed E-state index contributed by atoms with van der Waals surface area (Å²) >= 11 is 6.12. The van der Waals surface area contributed by atoms with Gasteiger partial charge in [0.05, 0.1) is 19.8 Å². The summed E-state index contributed by atoms with van der Waals surface area (Å²) in [4.78, 5) is 0. The molecule has 0 aromatic heterocycles. The Morgan fingerprint density at radius 2 is 2.00 bits per heavy atom. The third-order valence-electron chi connectivity index (χ3n) is 3.18. The van der Waals surface area contributed by atoms with Crippen molar-refractivity contribution in [2.75, 3.05) is 13.7 Å². The molecule has 0 amide bonds. The molecule has 4 heteroatoms. The van der Waals surface area contributed by atoms with E-state index in [4.69, 9.17) is 16.3 Å². The Balaban J connectivity index is 2.07. The van der Waals surface area contributed by atoms with Crippen LogP contribution in [-0.2, 0) is 6.54 Å². The van der Waals surface area contributed by atoms with Gasteiger partial charge in [-0.15, -0.1) is 0 Å². The van der Waals surface area contributed by atoms with E-state index >= 15 is 0 Å². The molecule has 2 rings (SSSR count). The summed E-state index contributed by atoms with van der Waals surface area (Å²) in [5.74, 6) is 0.778. The maximum absolute atomic E-state index is 9.55. The van der Waals surface area contributed by atoms with Gasteiger partial charge in [0, 0.05) is 11.6 Å². The van der Waals surface area contributed by atoms with Crippen LogP contribution in [0.25, 0.3) is 0 Å². The van der Waals surface area contributed by atoms with Crippen LogP contribution >= 0.6 is 11.6 Å². The first kappa shape index (κ1) is 14.9. The van der Waals surface area contributed by atoms with E-state index in [0.717, 1.165) is 21.9 Å². The fourth-order valence-corrected chi connectivity index (χ4v) is 2.22. The van der Waals surface area contributed by atoms with Crippen molar-refractivity contribution in [2.24, 2.45) is 0 Å². The molecule has 106 valence electrons. The van der Waals surface area contributed by atoms with Crippen molar-refractivity contribution in [2.45, 2.75) is 12.6 Å². The molecular weight excluding hydrogens is 274 g/mol. The van der Waals surface area contributed by atoms with Crippen molar-refractivity contribution in [1.29, 1.82) is 0 Å². The molecular formula is C16H18ClNO2. The van der Waals surface area contributed by atoms with Gasteiger partial charge in [0.25, 0.3) is 0 Å². The van der Waals surface area contributed by atoms with Crippen LogP contribution in [0.3, 0.4) is 0 Å². The van der Waals surface area contributed by atoms with Crippen LogP contribution in [0.5, 0.6) is 5.75 Å². The third-order valence-corrected chi connectivity index (χ3v) is 3.54. The van der Waals surface area contributed by atoms with Gasteiger partial charge >= 0.3 is 0 Å². The smallest absolute Gasteiger partial charge is 0.119 e. The van der Waals surface area contributed by atoms with E-state index in [1.54, 1.807) is 7.11 Å². The Morgan fingerprint density at radius 3 is 2.70 bits per heavy atom. The average Bonchev–Trinajstić information content (AvgIpc) is 2.50. The lowest BCUT2D eigenvalue weighted by molar-refractivity contribution is 0.243. The van der Waals surface area contributed by atoms with Crippen molar-refractivity contribution in [3.05, 3.63) is 64.7 Å². The molecule has 0 aliphatic heterocycles. The molecule has 0 saturated carbocycles. The molecule has 0 aliphatic rings. The highest BCUT2D eigenvalue weighted by Crippen LogP contribution is 2.20. The molecule has 1 atom stereocenters. The van der Waals surface area contributed by atoms with Gasteiger partial charge in [-0.1, -0.05) is 41.9 Å². The summed E-state index contributed by atoms with van der Waals surface area (Å²) in [6, 6.07) is 15.2. The van der Waals surface area contributed by atoms with Gasteiger partial charge in [-0.3, -0.25) is 0 Å². The van der Waals surface area contributed by atoms with E-state index in [9.17, 15) is 5.11 Å². The van der Waals surface area contributed by atoms with Gasteiger partial charge in [0.1, 0.15) is 5.75 Å². The topological polar surface area (TPSA) is 41.5 Å². The number of rotatable bonds is 6. The number of halogens is 1. The highest BCUT2D eigenvalue weighted by molar-refractivity contribution is 6.31. The third kappa shape index (κ3) is 3.73. The van der Waals surface area contributed by atoms with Crippen LogP contribution < -0.4 is 10.1 Å². The molecule has 2 aromatic carbocycles. The molecule has 2 N–H and O–H groups in total. The standard InChI is InChI=1S/C16H18ClNO2/c1-20-14-7-4-6-12(9-14)16(11-19)18-10-13-5-2-3-8-15(13)17/h2-9,16,18-19H,10-11H2,1H3. The maximum Gasteiger partial charge on any atom is 0.119 e. The predicted octanol–water partition coefficient (Wildman–Crippen LogP) is 3.17. The van der Waals surface area contributed by atoms with Gasteiger partial charge in [-0.2, -0.15) is 0 Å². The number of hydrogen-bond acceptors (Lipinski definition) is 3. The first-order valence-corrected chi connectivity index (χ1v) is 6.84. The maximum atomic E-state index is 9.55. The number of benzene rings is 2. The van der Waals surface area contributed by atoms with Crippen LogP contribution in [0.2, 0.25) is 5.02 Å². The number of aliphatic hydroxyl groups is 1. The Bertz CT molecular complexity index is 560. The number of nitrogens with one attached hydrogen (secondary N) is 1. The minimum Gasteiger partial charge on any atom is -0.497 e. The summed E-state index contributed by atoms with van der Waals surface area (Å²) in [6.45, 7) is 0.611. The van der Waals surface area contributed by atoms with Gasteiger partial charge < -0.3 is 15.2 Å². The zero-order valence-electron chi connectivity index (χ0n) is 11.3. The molecule has 0 spiro atoms. The first-order valence-electron chi connectivity index (χ1n) is 6.46. The van der Waals surface area contributed by atoms with Crippen molar-refractivity contribution in [1.82, 2.24) is 5.32 Å². The summed E-state index contributed by atoms with van der Waals surface area (Å²) < 4.78 is 5.20. The largest absolute Gasteiger partial charge is 0.497 e. The van der Waals surface area contributed by atoms with Crippen molar-refractivity contribution >= 4 is 11.6 Å². The molecule has 0 bridgehead atoms. The Kier molecular flexibility index (Phi) is 5.41. The second-order valence-corrected chi connectivity index (χ2v) is 4.89. The van der Waals surface area contributed by atoms with E-state index in [2.05, 4.69) is 5.32 Å². The van der Waals surface area contributed by atoms with Crippen LogP contribution in [-0.4, -0.2) is 18.8 Å². The van der Waals surface area contributed by atoms with E-state index in [1.165, 1.54) is 0 Å². The minimum atomic E-state index is -0.152. The van der Waals surface area contributed by atoms with Crippen LogP contribution in [0.4, 0.5) is 0 Å².